The van der Waals surface area contributed by atoms with Gasteiger partial charge in [0.2, 0.25) is 0 Å². The van der Waals surface area contributed by atoms with Crippen molar-refractivity contribution in [1.29, 1.82) is 0 Å². The number of nitrogens with zero attached hydrogens (tertiary/aromatic N) is 1. The lowest BCUT2D eigenvalue weighted by molar-refractivity contribution is 0.229. The number of hydrogen-bond donors (Lipinski definition) is 0. The molecule has 0 amide bonds. The van der Waals surface area contributed by atoms with Crippen molar-refractivity contribution in [1.82, 2.24) is 4.90 Å². The molecular weight excluding hydrogens is 230 g/mol. The molecule has 1 heterocycles. The van der Waals surface area contributed by atoms with Gasteiger partial charge >= 0.3 is 0 Å². The zero-order valence-corrected chi connectivity index (χ0v) is 13.1. The Balaban J connectivity index is 2.42. The van der Waals surface area contributed by atoms with Crippen LogP contribution in [0.5, 0.6) is 0 Å². The molecule has 2 rings (SSSR count). The average Bonchev–Trinajstić information content (AvgIpc) is 2.41. The molecule has 104 valence electrons. The largest absolute Gasteiger partial charge is 0.299 e. The number of likely N-dealkylation sites (N-methyl/N-ethyl adjacent to an activating group) is 1. The van der Waals surface area contributed by atoms with Crippen LogP contribution in [0.1, 0.15) is 55.5 Å². The van der Waals surface area contributed by atoms with Crippen molar-refractivity contribution in [2.45, 2.75) is 53.0 Å². The predicted octanol–water partition coefficient (Wildman–Crippen LogP) is 4.44. The lowest BCUT2D eigenvalue weighted by Gasteiger charge is -2.35. The van der Waals surface area contributed by atoms with Crippen LogP contribution in [0.2, 0.25) is 0 Å². The molecule has 0 bridgehead atoms. The highest BCUT2D eigenvalue weighted by atomic mass is 15.1. The van der Waals surface area contributed by atoms with Crippen LogP contribution in [0.25, 0.3) is 0 Å². The molecule has 0 fully saturated rings. The fourth-order valence-corrected chi connectivity index (χ4v) is 3.12. The topological polar surface area (TPSA) is 3.24 Å². The summed E-state index contributed by atoms with van der Waals surface area (Å²) in [6.45, 7) is 10.1. The van der Waals surface area contributed by atoms with Gasteiger partial charge in [-0.05, 0) is 69.3 Å². The van der Waals surface area contributed by atoms with E-state index in [1.807, 2.05) is 0 Å². The summed E-state index contributed by atoms with van der Waals surface area (Å²) in [5.74, 6) is 0. The van der Waals surface area contributed by atoms with Crippen molar-refractivity contribution in [2.24, 2.45) is 0 Å². The molecule has 1 aliphatic heterocycles. The van der Waals surface area contributed by atoms with E-state index in [0.717, 1.165) is 12.8 Å². The quantitative estimate of drug-likeness (QED) is 0.723. The van der Waals surface area contributed by atoms with E-state index in [0.29, 0.717) is 6.04 Å². The van der Waals surface area contributed by atoms with Gasteiger partial charge < -0.3 is 0 Å². The highest BCUT2D eigenvalue weighted by Crippen LogP contribution is 2.35. The number of aryl methyl sites for hydroxylation is 2. The fraction of sp³-hybridized carbons (Fsp3) is 0.556. The monoisotopic (exact) mass is 257 g/mol. The van der Waals surface area contributed by atoms with Crippen molar-refractivity contribution in [3.05, 3.63) is 46.0 Å². The molecule has 1 atom stereocenters. The maximum atomic E-state index is 2.52. The summed E-state index contributed by atoms with van der Waals surface area (Å²) in [4.78, 5) is 2.52. The molecule has 0 spiro atoms. The summed E-state index contributed by atoms with van der Waals surface area (Å²) in [6.07, 6.45) is 5.74. The van der Waals surface area contributed by atoms with Gasteiger partial charge in [-0.3, -0.25) is 4.90 Å². The highest BCUT2D eigenvalue weighted by Gasteiger charge is 2.25. The molecule has 0 aliphatic carbocycles. The molecule has 0 saturated heterocycles. The number of rotatable bonds is 3. The average molecular weight is 257 g/mol. The van der Waals surface area contributed by atoms with Crippen molar-refractivity contribution >= 4 is 0 Å². The van der Waals surface area contributed by atoms with Crippen LogP contribution in [-0.4, -0.2) is 18.5 Å². The smallest absolute Gasteiger partial charge is 0.0385 e. The van der Waals surface area contributed by atoms with Crippen molar-refractivity contribution in [2.75, 3.05) is 13.6 Å². The van der Waals surface area contributed by atoms with E-state index in [9.17, 15) is 0 Å². The summed E-state index contributed by atoms with van der Waals surface area (Å²) in [7, 11) is 2.27. The molecule has 19 heavy (non-hydrogen) atoms. The van der Waals surface area contributed by atoms with Crippen LogP contribution in [0, 0.1) is 6.92 Å². The van der Waals surface area contributed by atoms with Gasteiger partial charge in [0.05, 0.1) is 0 Å². The molecule has 1 aliphatic rings. The Morgan fingerprint density at radius 3 is 2.79 bits per heavy atom. The Morgan fingerprint density at radius 2 is 2.16 bits per heavy atom. The summed E-state index contributed by atoms with van der Waals surface area (Å²) in [5, 5.41) is 0. The Hall–Kier alpha value is -1.08. The predicted molar refractivity (Wildman–Crippen MR) is 83.7 cm³/mol. The van der Waals surface area contributed by atoms with Crippen LogP contribution in [-0.2, 0) is 12.8 Å². The minimum atomic E-state index is 0.561. The first-order chi connectivity index (χ1) is 9.06. The third kappa shape index (κ3) is 2.92. The minimum Gasteiger partial charge on any atom is -0.299 e. The number of fused-ring (bicyclic) bond motifs is 1. The van der Waals surface area contributed by atoms with Gasteiger partial charge in [-0.2, -0.15) is 0 Å². The maximum absolute atomic E-state index is 2.52. The van der Waals surface area contributed by atoms with E-state index in [1.54, 1.807) is 11.1 Å². The molecule has 1 nitrogen and oxygen atoms in total. The molecule has 0 radical (unpaired) electrons. The first kappa shape index (κ1) is 14.3. The molecule has 1 unspecified atom stereocenters. The van der Waals surface area contributed by atoms with Crippen LogP contribution in [0.3, 0.4) is 0 Å². The van der Waals surface area contributed by atoms with Crippen molar-refractivity contribution < 1.29 is 0 Å². The fourth-order valence-electron chi connectivity index (χ4n) is 3.12. The first-order valence-electron chi connectivity index (χ1n) is 7.51. The second-order valence-electron chi connectivity index (χ2n) is 5.92. The molecule has 1 aromatic carbocycles. The second-order valence-corrected chi connectivity index (χ2v) is 5.92. The molecule has 0 aromatic heterocycles. The molecular formula is C18H27N. The molecule has 1 heteroatoms. The van der Waals surface area contributed by atoms with Gasteiger partial charge in [-0.25, -0.2) is 0 Å². The van der Waals surface area contributed by atoms with E-state index in [1.165, 1.54) is 29.7 Å². The Bertz CT molecular complexity index is 485. The van der Waals surface area contributed by atoms with E-state index >= 15 is 0 Å². The number of allylic oxidation sites excluding steroid dienone is 1. The summed E-state index contributed by atoms with van der Waals surface area (Å²) >= 11 is 0. The normalized spacial score (nSPS) is 20.5. The molecule has 0 saturated carbocycles. The zero-order chi connectivity index (χ0) is 14.0. The summed E-state index contributed by atoms with van der Waals surface area (Å²) in [5.41, 5.74) is 7.60. The lowest BCUT2D eigenvalue weighted by atomic mass is 9.86. The van der Waals surface area contributed by atoms with Crippen LogP contribution < -0.4 is 0 Å². The van der Waals surface area contributed by atoms with E-state index in [4.69, 9.17) is 0 Å². The van der Waals surface area contributed by atoms with Gasteiger partial charge in [-0.15, -0.1) is 0 Å². The zero-order valence-electron chi connectivity index (χ0n) is 13.1. The lowest BCUT2D eigenvalue weighted by Crippen LogP contribution is -2.32. The van der Waals surface area contributed by atoms with Crippen molar-refractivity contribution in [3.63, 3.8) is 0 Å². The van der Waals surface area contributed by atoms with Gasteiger partial charge in [0, 0.05) is 12.6 Å². The first-order valence-corrected chi connectivity index (χ1v) is 7.51. The van der Waals surface area contributed by atoms with E-state index < -0.39 is 0 Å². The SMILES string of the molecule is CC=C(C)CC1c2cc(CC)c(C)cc2CCN1C. The van der Waals surface area contributed by atoms with E-state index in [-0.39, 0.29) is 0 Å². The maximum Gasteiger partial charge on any atom is 0.0385 e. The minimum absolute atomic E-state index is 0.561. The van der Waals surface area contributed by atoms with Gasteiger partial charge in [0.25, 0.3) is 0 Å². The Labute approximate surface area is 118 Å². The van der Waals surface area contributed by atoms with Gasteiger partial charge in [-0.1, -0.05) is 30.7 Å². The Kier molecular flexibility index (Phi) is 4.46. The highest BCUT2D eigenvalue weighted by molar-refractivity contribution is 5.41. The summed E-state index contributed by atoms with van der Waals surface area (Å²) < 4.78 is 0. The van der Waals surface area contributed by atoms with Crippen LogP contribution in [0.4, 0.5) is 0 Å². The standard InChI is InChI=1S/C18H27N/c1-6-13(3)10-18-17-12-15(7-2)14(4)11-16(17)8-9-19(18)5/h6,11-12,18H,7-10H2,1-5H3. The van der Waals surface area contributed by atoms with Crippen molar-refractivity contribution in [3.8, 4) is 0 Å². The Morgan fingerprint density at radius 1 is 1.42 bits per heavy atom. The van der Waals surface area contributed by atoms with Crippen LogP contribution in [0.15, 0.2) is 23.8 Å². The van der Waals surface area contributed by atoms with Gasteiger partial charge in [0.1, 0.15) is 0 Å². The van der Waals surface area contributed by atoms with E-state index in [2.05, 4.69) is 57.9 Å². The third-order valence-corrected chi connectivity index (χ3v) is 4.61. The van der Waals surface area contributed by atoms with Crippen LogP contribution >= 0.6 is 0 Å². The third-order valence-electron chi connectivity index (χ3n) is 4.61. The number of benzene rings is 1. The number of hydrogen-bond acceptors (Lipinski definition) is 1. The summed E-state index contributed by atoms with van der Waals surface area (Å²) in [6, 6.07) is 5.46. The molecule has 1 aromatic rings. The van der Waals surface area contributed by atoms with Gasteiger partial charge in [0.15, 0.2) is 0 Å². The second kappa shape index (κ2) is 5.92. The molecule has 0 N–H and O–H groups in total.